The zero-order chi connectivity index (χ0) is 21.2. The van der Waals surface area contributed by atoms with Crippen molar-refractivity contribution in [3.05, 3.63) is 77.9 Å². The number of hydrogen-bond donors (Lipinski definition) is 3. The Morgan fingerprint density at radius 3 is 2.73 bits per heavy atom. The van der Waals surface area contributed by atoms with Gasteiger partial charge in [-0.3, -0.25) is 10.2 Å². The standard InChI is InChI=1S/C23H24N4O2S/c1-30-14-11-19(16-28)26-27-23(29)20-9-7-17(8-10-22-24-12-13-25-22)15-21(20)18-5-3-2-4-6-18/h2-10,12-13,15-16,19,26H,11,14H2,1H3,(H,24,25)(H,27,29)/b10-8+. The van der Waals surface area contributed by atoms with Crippen molar-refractivity contribution in [1.82, 2.24) is 20.8 Å². The maximum absolute atomic E-state index is 12.9. The molecular weight excluding hydrogens is 396 g/mol. The van der Waals surface area contributed by atoms with Crippen LogP contribution in [0.15, 0.2) is 60.9 Å². The van der Waals surface area contributed by atoms with Crippen LogP contribution in [0.4, 0.5) is 0 Å². The number of amides is 1. The van der Waals surface area contributed by atoms with Gasteiger partial charge in [-0.25, -0.2) is 10.4 Å². The van der Waals surface area contributed by atoms with Crippen molar-refractivity contribution in [2.75, 3.05) is 12.0 Å². The average Bonchev–Trinajstić information content (AvgIpc) is 3.32. The molecule has 0 fully saturated rings. The number of aromatic nitrogens is 2. The highest BCUT2D eigenvalue weighted by Crippen LogP contribution is 2.26. The molecule has 0 aliphatic heterocycles. The minimum Gasteiger partial charge on any atom is -0.345 e. The molecule has 3 aromatic rings. The van der Waals surface area contributed by atoms with Gasteiger partial charge in [0.05, 0.1) is 6.04 Å². The van der Waals surface area contributed by atoms with Crippen LogP contribution in [0.25, 0.3) is 23.3 Å². The molecular formula is C23H24N4O2S. The fourth-order valence-corrected chi connectivity index (χ4v) is 3.40. The van der Waals surface area contributed by atoms with Crippen molar-refractivity contribution in [3.63, 3.8) is 0 Å². The summed E-state index contributed by atoms with van der Waals surface area (Å²) >= 11 is 1.66. The minimum atomic E-state index is -0.419. The van der Waals surface area contributed by atoms with Crippen LogP contribution < -0.4 is 10.9 Å². The van der Waals surface area contributed by atoms with E-state index in [-0.39, 0.29) is 5.91 Å². The summed E-state index contributed by atoms with van der Waals surface area (Å²) in [6.07, 6.45) is 10.7. The van der Waals surface area contributed by atoms with Gasteiger partial charge in [-0.1, -0.05) is 42.5 Å². The predicted molar refractivity (Wildman–Crippen MR) is 123 cm³/mol. The lowest BCUT2D eigenvalue weighted by atomic mass is 9.96. The highest BCUT2D eigenvalue weighted by molar-refractivity contribution is 7.98. The second kappa shape index (κ2) is 11.1. The largest absolute Gasteiger partial charge is 0.345 e. The van der Waals surface area contributed by atoms with Crippen LogP contribution in [0.5, 0.6) is 0 Å². The number of thioether (sulfide) groups is 1. The van der Waals surface area contributed by atoms with Gasteiger partial charge in [-0.05, 0) is 53.3 Å². The number of hydrazine groups is 1. The Morgan fingerprint density at radius 1 is 1.20 bits per heavy atom. The van der Waals surface area contributed by atoms with E-state index in [0.717, 1.165) is 34.6 Å². The molecule has 0 saturated carbocycles. The van der Waals surface area contributed by atoms with E-state index in [9.17, 15) is 9.59 Å². The van der Waals surface area contributed by atoms with Gasteiger partial charge in [-0.2, -0.15) is 11.8 Å². The number of carbonyl (C=O) groups excluding carboxylic acids is 2. The summed E-state index contributed by atoms with van der Waals surface area (Å²) in [5, 5.41) is 0. The van der Waals surface area contributed by atoms with E-state index in [2.05, 4.69) is 20.8 Å². The summed E-state index contributed by atoms with van der Waals surface area (Å²) < 4.78 is 0. The Hall–Kier alpha value is -3.16. The molecule has 6 nitrogen and oxygen atoms in total. The average molecular weight is 421 g/mol. The molecule has 0 spiro atoms. The quantitative estimate of drug-likeness (QED) is 0.343. The van der Waals surface area contributed by atoms with E-state index < -0.39 is 6.04 Å². The zero-order valence-corrected chi connectivity index (χ0v) is 17.5. The Balaban J connectivity index is 1.83. The molecule has 2 aromatic carbocycles. The third-order valence-electron chi connectivity index (χ3n) is 4.49. The van der Waals surface area contributed by atoms with Gasteiger partial charge >= 0.3 is 0 Å². The van der Waals surface area contributed by atoms with Crippen LogP contribution in [0.3, 0.4) is 0 Å². The van der Waals surface area contributed by atoms with Crippen LogP contribution in [0, 0.1) is 0 Å². The Morgan fingerprint density at radius 2 is 2.03 bits per heavy atom. The number of rotatable bonds is 10. The maximum Gasteiger partial charge on any atom is 0.266 e. The third-order valence-corrected chi connectivity index (χ3v) is 5.14. The summed E-state index contributed by atoms with van der Waals surface area (Å²) in [5.41, 5.74) is 8.73. The number of carbonyl (C=O) groups is 2. The number of imidazole rings is 1. The fraction of sp³-hybridized carbons (Fsp3) is 0.174. The molecule has 3 N–H and O–H groups in total. The lowest BCUT2D eigenvalue weighted by molar-refractivity contribution is -0.109. The number of nitrogens with one attached hydrogen (secondary N) is 3. The molecule has 0 radical (unpaired) electrons. The molecule has 0 aliphatic carbocycles. The molecule has 1 heterocycles. The summed E-state index contributed by atoms with van der Waals surface area (Å²) in [7, 11) is 0. The number of H-pyrrole nitrogens is 1. The lowest BCUT2D eigenvalue weighted by Crippen LogP contribution is -2.45. The SMILES string of the molecule is CSCCC(C=O)NNC(=O)c1ccc(/C=C/c2ncc[nH]2)cc1-c1ccccc1. The first-order valence-electron chi connectivity index (χ1n) is 9.58. The van der Waals surface area contributed by atoms with Gasteiger partial charge in [0.2, 0.25) is 0 Å². The van der Waals surface area contributed by atoms with Crippen molar-refractivity contribution in [2.24, 2.45) is 0 Å². The fourth-order valence-electron chi connectivity index (χ4n) is 2.91. The first kappa shape index (κ1) is 21.5. The summed E-state index contributed by atoms with van der Waals surface area (Å²) in [6.45, 7) is 0. The van der Waals surface area contributed by atoms with E-state index >= 15 is 0 Å². The molecule has 7 heteroatoms. The maximum atomic E-state index is 12.9. The van der Waals surface area contributed by atoms with E-state index in [4.69, 9.17) is 0 Å². The molecule has 30 heavy (non-hydrogen) atoms. The number of aromatic amines is 1. The van der Waals surface area contributed by atoms with E-state index in [1.54, 1.807) is 30.2 Å². The molecule has 1 amide bonds. The van der Waals surface area contributed by atoms with Gasteiger partial charge in [0.15, 0.2) is 0 Å². The first-order valence-corrected chi connectivity index (χ1v) is 11.0. The molecule has 0 bridgehead atoms. The van der Waals surface area contributed by atoms with Crippen molar-refractivity contribution in [1.29, 1.82) is 0 Å². The second-order valence-corrected chi connectivity index (χ2v) is 7.59. The van der Waals surface area contributed by atoms with Gasteiger partial charge in [-0.15, -0.1) is 0 Å². The Labute approximate surface area is 180 Å². The van der Waals surface area contributed by atoms with Crippen LogP contribution in [-0.2, 0) is 4.79 Å². The molecule has 0 saturated heterocycles. The molecule has 154 valence electrons. The molecule has 1 atom stereocenters. The molecule has 3 rings (SSSR count). The highest BCUT2D eigenvalue weighted by Gasteiger charge is 2.15. The van der Waals surface area contributed by atoms with Gasteiger partial charge in [0.1, 0.15) is 12.1 Å². The number of hydrogen-bond acceptors (Lipinski definition) is 5. The van der Waals surface area contributed by atoms with Gasteiger partial charge < -0.3 is 9.78 Å². The van der Waals surface area contributed by atoms with Crippen molar-refractivity contribution in [3.8, 4) is 11.1 Å². The minimum absolute atomic E-state index is 0.286. The first-order chi connectivity index (χ1) is 14.7. The Bertz CT molecular complexity index is 988. The number of aldehydes is 1. The summed E-state index contributed by atoms with van der Waals surface area (Å²) in [4.78, 5) is 31.3. The second-order valence-electron chi connectivity index (χ2n) is 6.60. The van der Waals surface area contributed by atoms with Crippen molar-refractivity contribution in [2.45, 2.75) is 12.5 Å². The molecule has 1 aromatic heterocycles. The lowest BCUT2D eigenvalue weighted by Gasteiger charge is -2.15. The van der Waals surface area contributed by atoms with Crippen LogP contribution in [0.1, 0.15) is 28.2 Å². The summed E-state index contributed by atoms with van der Waals surface area (Å²) in [5.74, 6) is 1.30. The van der Waals surface area contributed by atoms with Crippen LogP contribution in [-0.4, -0.2) is 40.2 Å². The monoisotopic (exact) mass is 420 g/mol. The van der Waals surface area contributed by atoms with Gasteiger partial charge in [0, 0.05) is 18.0 Å². The molecule has 0 aliphatic rings. The normalized spacial score (nSPS) is 12.0. The molecule has 1 unspecified atom stereocenters. The van der Waals surface area contributed by atoms with Crippen molar-refractivity contribution >= 4 is 36.1 Å². The zero-order valence-electron chi connectivity index (χ0n) is 16.7. The van der Waals surface area contributed by atoms with Crippen LogP contribution in [0.2, 0.25) is 0 Å². The predicted octanol–water partition coefficient (Wildman–Crippen LogP) is 3.80. The van der Waals surface area contributed by atoms with Crippen LogP contribution >= 0.6 is 11.8 Å². The smallest absolute Gasteiger partial charge is 0.266 e. The van der Waals surface area contributed by atoms with E-state index in [0.29, 0.717) is 12.0 Å². The highest BCUT2D eigenvalue weighted by atomic mass is 32.2. The van der Waals surface area contributed by atoms with E-state index in [1.807, 2.05) is 60.9 Å². The summed E-state index contributed by atoms with van der Waals surface area (Å²) in [6, 6.07) is 15.0. The Kier molecular flexibility index (Phi) is 8.00. The van der Waals surface area contributed by atoms with E-state index in [1.165, 1.54) is 0 Å². The topological polar surface area (TPSA) is 86.9 Å². The van der Waals surface area contributed by atoms with Crippen molar-refractivity contribution < 1.29 is 9.59 Å². The third kappa shape index (κ3) is 5.92. The number of benzene rings is 2. The number of nitrogens with zero attached hydrogens (tertiary/aromatic N) is 1. The van der Waals surface area contributed by atoms with Gasteiger partial charge in [0.25, 0.3) is 5.91 Å².